The van der Waals surface area contributed by atoms with Gasteiger partial charge in [0.05, 0.1) is 0 Å². The molecule has 1 amide bonds. The van der Waals surface area contributed by atoms with Crippen molar-refractivity contribution < 1.29 is 9.90 Å². The van der Waals surface area contributed by atoms with E-state index >= 15 is 0 Å². The van der Waals surface area contributed by atoms with Gasteiger partial charge in [-0.25, -0.2) is 0 Å². The Morgan fingerprint density at radius 1 is 1.21 bits per heavy atom. The molecule has 1 fully saturated rings. The lowest BCUT2D eigenvalue weighted by Gasteiger charge is -2.27. The van der Waals surface area contributed by atoms with Gasteiger partial charge in [-0.15, -0.1) is 0 Å². The number of hydrogen-bond donors (Lipinski definition) is 1. The van der Waals surface area contributed by atoms with Crippen molar-refractivity contribution in [2.45, 2.75) is 25.9 Å². The van der Waals surface area contributed by atoms with Crippen LogP contribution < -0.4 is 0 Å². The normalized spacial score (nSPS) is 20.7. The van der Waals surface area contributed by atoms with Gasteiger partial charge in [0.25, 0.3) is 5.91 Å². The van der Waals surface area contributed by atoms with Gasteiger partial charge < -0.3 is 14.9 Å². The average Bonchev–Trinajstić information content (AvgIpc) is 2.27. The van der Waals surface area contributed by atoms with Crippen LogP contribution in [0.25, 0.3) is 0 Å². The summed E-state index contributed by atoms with van der Waals surface area (Å²) in [5.74, 6) is -0.159. The first-order chi connectivity index (χ1) is 6.41. The van der Waals surface area contributed by atoms with Gasteiger partial charge in [-0.3, -0.25) is 4.79 Å². The fraction of sp³-hybridized carbons (Fsp3) is 0.900. The number of hydrogen-bond acceptors (Lipinski definition) is 3. The Bertz CT molecular complexity index is 211. The lowest BCUT2D eigenvalue weighted by Crippen LogP contribution is -2.46. The summed E-state index contributed by atoms with van der Waals surface area (Å²) in [7, 11) is 2.05. The van der Waals surface area contributed by atoms with E-state index in [0.29, 0.717) is 0 Å². The first-order valence-corrected chi connectivity index (χ1v) is 5.11. The molecule has 0 saturated carbocycles. The van der Waals surface area contributed by atoms with Crippen molar-refractivity contribution in [1.29, 1.82) is 0 Å². The molecule has 82 valence electrons. The fourth-order valence-corrected chi connectivity index (χ4v) is 1.64. The molecule has 0 aliphatic carbocycles. The molecule has 0 spiro atoms. The van der Waals surface area contributed by atoms with Crippen LogP contribution in [0.1, 0.15) is 20.3 Å². The molecular weight excluding hydrogens is 180 g/mol. The number of rotatable bonds is 1. The lowest BCUT2D eigenvalue weighted by molar-refractivity contribution is -0.147. The summed E-state index contributed by atoms with van der Waals surface area (Å²) in [4.78, 5) is 15.7. The number of carbonyl (C=O) groups excluding carboxylic acids is 1. The zero-order valence-corrected chi connectivity index (χ0v) is 9.29. The summed E-state index contributed by atoms with van der Waals surface area (Å²) in [6.07, 6.45) is 0.984. The van der Waals surface area contributed by atoms with E-state index in [2.05, 4.69) is 11.9 Å². The number of nitrogens with zero attached hydrogens (tertiary/aromatic N) is 2. The second-order valence-corrected chi connectivity index (χ2v) is 4.51. The van der Waals surface area contributed by atoms with E-state index in [0.717, 1.165) is 32.6 Å². The Kier molecular flexibility index (Phi) is 3.50. The topological polar surface area (TPSA) is 43.8 Å². The van der Waals surface area contributed by atoms with E-state index < -0.39 is 5.60 Å². The highest BCUT2D eigenvalue weighted by atomic mass is 16.3. The second-order valence-electron chi connectivity index (χ2n) is 4.51. The molecule has 1 aliphatic rings. The maximum absolute atomic E-state index is 11.7. The Morgan fingerprint density at radius 2 is 1.86 bits per heavy atom. The SMILES string of the molecule is CN1CCCN(C(=O)C(C)(C)O)CC1. The van der Waals surface area contributed by atoms with Gasteiger partial charge in [-0.2, -0.15) is 0 Å². The van der Waals surface area contributed by atoms with Crippen molar-refractivity contribution in [2.75, 3.05) is 33.2 Å². The molecule has 0 aromatic heterocycles. The lowest BCUT2D eigenvalue weighted by atomic mass is 10.1. The minimum absolute atomic E-state index is 0.159. The fourth-order valence-electron chi connectivity index (χ4n) is 1.64. The van der Waals surface area contributed by atoms with Crippen molar-refractivity contribution in [3.63, 3.8) is 0 Å². The molecule has 1 N–H and O–H groups in total. The third-order valence-corrected chi connectivity index (χ3v) is 2.53. The highest BCUT2D eigenvalue weighted by Gasteiger charge is 2.29. The van der Waals surface area contributed by atoms with E-state index in [1.54, 1.807) is 18.7 Å². The molecule has 4 heteroatoms. The zero-order chi connectivity index (χ0) is 10.8. The molecule has 0 unspecified atom stereocenters. The van der Waals surface area contributed by atoms with Crippen LogP contribution in [0.15, 0.2) is 0 Å². The third-order valence-electron chi connectivity index (χ3n) is 2.53. The van der Waals surface area contributed by atoms with Crippen molar-refractivity contribution in [2.24, 2.45) is 0 Å². The zero-order valence-electron chi connectivity index (χ0n) is 9.29. The number of amides is 1. The first-order valence-electron chi connectivity index (χ1n) is 5.11. The predicted molar refractivity (Wildman–Crippen MR) is 55.0 cm³/mol. The van der Waals surface area contributed by atoms with Crippen molar-refractivity contribution in [3.05, 3.63) is 0 Å². The minimum atomic E-state index is -1.23. The van der Waals surface area contributed by atoms with Gasteiger partial charge >= 0.3 is 0 Å². The maximum Gasteiger partial charge on any atom is 0.253 e. The van der Waals surface area contributed by atoms with E-state index in [1.807, 2.05) is 0 Å². The monoisotopic (exact) mass is 200 g/mol. The molecule has 4 nitrogen and oxygen atoms in total. The average molecular weight is 200 g/mol. The Morgan fingerprint density at radius 3 is 2.43 bits per heavy atom. The molecule has 0 aromatic rings. The van der Waals surface area contributed by atoms with Crippen LogP contribution in [0.2, 0.25) is 0 Å². The number of likely N-dealkylation sites (N-methyl/N-ethyl adjacent to an activating group) is 1. The first kappa shape index (κ1) is 11.5. The van der Waals surface area contributed by atoms with E-state index in [4.69, 9.17) is 0 Å². The second kappa shape index (κ2) is 4.28. The molecule has 1 heterocycles. The van der Waals surface area contributed by atoms with Crippen LogP contribution in [0.3, 0.4) is 0 Å². The molecule has 0 radical (unpaired) electrons. The van der Waals surface area contributed by atoms with Gasteiger partial charge in [-0.1, -0.05) is 0 Å². The van der Waals surface area contributed by atoms with E-state index in [1.165, 1.54) is 0 Å². The van der Waals surface area contributed by atoms with E-state index in [-0.39, 0.29) is 5.91 Å². The molecule has 0 atom stereocenters. The van der Waals surface area contributed by atoms with Crippen LogP contribution in [0.4, 0.5) is 0 Å². The summed E-state index contributed by atoms with van der Waals surface area (Å²) in [5, 5.41) is 9.59. The van der Waals surface area contributed by atoms with Gasteiger partial charge in [-0.05, 0) is 33.9 Å². The van der Waals surface area contributed by atoms with Gasteiger partial charge in [0, 0.05) is 19.6 Å². The quantitative estimate of drug-likeness (QED) is 0.644. The van der Waals surface area contributed by atoms with Crippen LogP contribution >= 0.6 is 0 Å². The molecule has 0 aromatic carbocycles. The largest absolute Gasteiger partial charge is 0.381 e. The van der Waals surface area contributed by atoms with Gasteiger partial charge in [0.15, 0.2) is 0 Å². The summed E-state index contributed by atoms with van der Waals surface area (Å²) in [6, 6.07) is 0. The number of aliphatic hydroxyl groups is 1. The van der Waals surface area contributed by atoms with Crippen LogP contribution in [-0.2, 0) is 4.79 Å². The highest BCUT2D eigenvalue weighted by molar-refractivity contribution is 5.84. The van der Waals surface area contributed by atoms with Gasteiger partial charge in [0.2, 0.25) is 0 Å². The third kappa shape index (κ3) is 2.96. The predicted octanol–water partition coefficient (Wildman–Crippen LogP) is -0.0786. The summed E-state index contributed by atoms with van der Waals surface area (Å²) < 4.78 is 0. The Hall–Kier alpha value is -0.610. The number of carbonyl (C=O) groups is 1. The van der Waals surface area contributed by atoms with Crippen molar-refractivity contribution in [1.82, 2.24) is 9.80 Å². The molecule has 14 heavy (non-hydrogen) atoms. The van der Waals surface area contributed by atoms with E-state index in [9.17, 15) is 9.90 Å². The molecular formula is C10H20N2O2. The van der Waals surface area contributed by atoms with Crippen LogP contribution in [-0.4, -0.2) is 59.6 Å². The molecule has 1 saturated heterocycles. The smallest absolute Gasteiger partial charge is 0.253 e. The molecule has 0 bridgehead atoms. The van der Waals surface area contributed by atoms with Gasteiger partial charge in [0.1, 0.15) is 5.60 Å². The van der Waals surface area contributed by atoms with Crippen LogP contribution in [0.5, 0.6) is 0 Å². The Balaban J connectivity index is 2.56. The molecule has 1 rings (SSSR count). The van der Waals surface area contributed by atoms with Crippen LogP contribution in [0, 0.1) is 0 Å². The summed E-state index contributed by atoms with van der Waals surface area (Å²) >= 11 is 0. The maximum atomic E-state index is 11.7. The summed E-state index contributed by atoms with van der Waals surface area (Å²) in [5.41, 5.74) is -1.23. The highest BCUT2D eigenvalue weighted by Crippen LogP contribution is 2.10. The Labute approximate surface area is 85.5 Å². The summed E-state index contributed by atoms with van der Waals surface area (Å²) in [6.45, 7) is 6.48. The standard InChI is InChI=1S/C10H20N2O2/c1-10(2,14)9(13)12-6-4-5-11(3)7-8-12/h14H,4-8H2,1-3H3. The molecule has 1 aliphatic heterocycles. The minimum Gasteiger partial charge on any atom is -0.381 e. The van der Waals surface area contributed by atoms with Crippen molar-refractivity contribution in [3.8, 4) is 0 Å². The van der Waals surface area contributed by atoms with Crippen molar-refractivity contribution >= 4 is 5.91 Å².